The van der Waals surface area contributed by atoms with E-state index in [-0.39, 0.29) is 5.91 Å². The van der Waals surface area contributed by atoms with Gasteiger partial charge < -0.3 is 10.6 Å². The first kappa shape index (κ1) is 13.9. The van der Waals surface area contributed by atoms with E-state index in [4.69, 9.17) is 0 Å². The Kier molecular flexibility index (Phi) is 4.37. The van der Waals surface area contributed by atoms with Gasteiger partial charge in [0.1, 0.15) is 9.88 Å². The second-order valence-corrected chi connectivity index (χ2v) is 5.80. The van der Waals surface area contributed by atoms with E-state index in [0.29, 0.717) is 11.4 Å². The molecule has 0 spiro atoms. The normalized spacial score (nSPS) is 14.6. The van der Waals surface area contributed by atoms with Crippen molar-refractivity contribution in [3.63, 3.8) is 0 Å². The summed E-state index contributed by atoms with van der Waals surface area (Å²) in [6.45, 7) is 2.48. The van der Waals surface area contributed by atoms with Gasteiger partial charge in [-0.1, -0.05) is 11.6 Å². The molecule has 0 fully saturated rings. The van der Waals surface area contributed by atoms with E-state index in [1.54, 1.807) is 18.6 Å². The summed E-state index contributed by atoms with van der Waals surface area (Å²) >= 11 is 1.40. The molecule has 3 heterocycles. The summed E-state index contributed by atoms with van der Waals surface area (Å²) in [7, 11) is 0. The lowest BCUT2D eigenvalue weighted by Gasteiger charge is -2.14. The van der Waals surface area contributed by atoms with E-state index in [2.05, 4.69) is 26.7 Å². The summed E-state index contributed by atoms with van der Waals surface area (Å²) in [5.74, 6) is -0.0627. The van der Waals surface area contributed by atoms with E-state index >= 15 is 0 Å². The SMILES string of the molecule is O=C(NCC1=CCNCC1)c1cnc(-c2ccncc2)s1. The largest absolute Gasteiger partial charge is 0.348 e. The first-order valence-corrected chi connectivity index (χ1v) is 7.67. The molecule has 0 atom stereocenters. The Labute approximate surface area is 127 Å². The molecule has 3 rings (SSSR count). The molecule has 5 nitrogen and oxygen atoms in total. The van der Waals surface area contributed by atoms with Gasteiger partial charge in [0, 0.05) is 31.0 Å². The first-order valence-electron chi connectivity index (χ1n) is 6.86. The molecule has 1 aliphatic rings. The average molecular weight is 300 g/mol. The molecule has 2 aromatic rings. The molecule has 0 aliphatic carbocycles. The van der Waals surface area contributed by atoms with E-state index < -0.39 is 0 Å². The van der Waals surface area contributed by atoms with Gasteiger partial charge in [-0.15, -0.1) is 11.3 Å². The summed E-state index contributed by atoms with van der Waals surface area (Å²) in [5, 5.41) is 7.05. The molecule has 1 aliphatic heterocycles. The Bertz CT molecular complexity index is 651. The third-order valence-electron chi connectivity index (χ3n) is 3.29. The lowest BCUT2D eigenvalue weighted by Crippen LogP contribution is -2.29. The van der Waals surface area contributed by atoms with Gasteiger partial charge in [-0.2, -0.15) is 0 Å². The lowest BCUT2D eigenvalue weighted by molar-refractivity contribution is 0.0960. The van der Waals surface area contributed by atoms with Crippen molar-refractivity contribution in [2.45, 2.75) is 6.42 Å². The van der Waals surface area contributed by atoms with Crippen LogP contribution in [0.3, 0.4) is 0 Å². The molecule has 108 valence electrons. The first-order chi connectivity index (χ1) is 10.3. The second kappa shape index (κ2) is 6.60. The zero-order valence-electron chi connectivity index (χ0n) is 11.5. The number of pyridine rings is 1. The van der Waals surface area contributed by atoms with Crippen LogP contribution >= 0.6 is 11.3 Å². The number of amides is 1. The number of hydrogen-bond donors (Lipinski definition) is 2. The monoisotopic (exact) mass is 300 g/mol. The van der Waals surface area contributed by atoms with Crippen LogP contribution < -0.4 is 10.6 Å². The highest BCUT2D eigenvalue weighted by atomic mass is 32.1. The third kappa shape index (κ3) is 3.53. The van der Waals surface area contributed by atoms with E-state index in [1.807, 2.05) is 12.1 Å². The summed E-state index contributed by atoms with van der Waals surface area (Å²) in [4.78, 5) is 21.1. The fraction of sp³-hybridized carbons (Fsp3) is 0.267. The Morgan fingerprint density at radius 3 is 3.00 bits per heavy atom. The number of aromatic nitrogens is 2. The number of nitrogens with one attached hydrogen (secondary N) is 2. The predicted molar refractivity (Wildman–Crippen MR) is 83.2 cm³/mol. The molecular weight excluding hydrogens is 284 g/mol. The molecule has 0 unspecified atom stereocenters. The quantitative estimate of drug-likeness (QED) is 0.846. The second-order valence-electron chi connectivity index (χ2n) is 4.76. The van der Waals surface area contributed by atoms with Crippen molar-refractivity contribution in [1.82, 2.24) is 20.6 Å². The molecule has 0 saturated carbocycles. The highest BCUT2D eigenvalue weighted by molar-refractivity contribution is 7.16. The molecule has 2 N–H and O–H groups in total. The van der Waals surface area contributed by atoms with Crippen molar-refractivity contribution in [3.8, 4) is 10.6 Å². The molecule has 0 radical (unpaired) electrons. The molecule has 21 heavy (non-hydrogen) atoms. The molecule has 6 heteroatoms. The van der Waals surface area contributed by atoms with Crippen LogP contribution in [0, 0.1) is 0 Å². The molecule has 1 amide bonds. The number of rotatable bonds is 4. The molecule has 0 saturated heterocycles. The Morgan fingerprint density at radius 2 is 2.24 bits per heavy atom. The smallest absolute Gasteiger partial charge is 0.263 e. The minimum absolute atomic E-state index is 0.0627. The van der Waals surface area contributed by atoms with Crippen LogP contribution in [-0.2, 0) is 0 Å². The average Bonchev–Trinajstić information content (AvgIpc) is 3.04. The summed E-state index contributed by atoms with van der Waals surface area (Å²) < 4.78 is 0. The topological polar surface area (TPSA) is 66.9 Å². The van der Waals surface area contributed by atoms with Gasteiger partial charge in [0.15, 0.2) is 0 Å². The maximum absolute atomic E-state index is 12.1. The Hall–Kier alpha value is -2.05. The minimum Gasteiger partial charge on any atom is -0.348 e. The molecule has 0 bridgehead atoms. The number of carbonyl (C=O) groups is 1. The van der Waals surface area contributed by atoms with Gasteiger partial charge >= 0.3 is 0 Å². The van der Waals surface area contributed by atoms with Crippen LogP contribution in [0.4, 0.5) is 0 Å². The maximum atomic E-state index is 12.1. The number of thiazole rings is 1. The van der Waals surface area contributed by atoms with Crippen LogP contribution in [0.5, 0.6) is 0 Å². The van der Waals surface area contributed by atoms with Gasteiger partial charge in [0.2, 0.25) is 0 Å². The van der Waals surface area contributed by atoms with Crippen LogP contribution in [-0.4, -0.2) is 35.5 Å². The van der Waals surface area contributed by atoms with Crippen molar-refractivity contribution in [1.29, 1.82) is 0 Å². The van der Waals surface area contributed by atoms with Gasteiger partial charge in [-0.25, -0.2) is 4.98 Å². The molecule has 2 aromatic heterocycles. The van der Waals surface area contributed by atoms with Gasteiger partial charge in [0.05, 0.1) is 6.20 Å². The summed E-state index contributed by atoms with van der Waals surface area (Å²) in [5.41, 5.74) is 2.26. The lowest BCUT2D eigenvalue weighted by atomic mass is 10.1. The third-order valence-corrected chi connectivity index (χ3v) is 4.34. The van der Waals surface area contributed by atoms with Gasteiger partial charge in [-0.05, 0) is 25.1 Å². The molecular formula is C15H16N4OS. The standard InChI is InChI=1S/C15H16N4OS/c20-14(18-9-11-1-5-16-6-2-11)13-10-19-15(21-13)12-3-7-17-8-4-12/h1,3-4,7-8,10,16H,2,5-6,9H2,(H,18,20). The van der Waals surface area contributed by atoms with Crippen molar-refractivity contribution >= 4 is 17.2 Å². The molecule has 0 aromatic carbocycles. The van der Waals surface area contributed by atoms with Crippen molar-refractivity contribution in [2.24, 2.45) is 0 Å². The van der Waals surface area contributed by atoms with E-state index in [1.165, 1.54) is 16.9 Å². The van der Waals surface area contributed by atoms with Crippen molar-refractivity contribution in [3.05, 3.63) is 47.2 Å². The maximum Gasteiger partial charge on any atom is 0.263 e. The minimum atomic E-state index is -0.0627. The van der Waals surface area contributed by atoms with E-state index in [0.717, 1.165) is 30.1 Å². The number of nitrogens with zero attached hydrogens (tertiary/aromatic N) is 2. The van der Waals surface area contributed by atoms with Crippen LogP contribution in [0.2, 0.25) is 0 Å². The fourth-order valence-corrected chi connectivity index (χ4v) is 2.96. The van der Waals surface area contributed by atoms with Crippen molar-refractivity contribution in [2.75, 3.05) is 19.6 Å². The zero-order valence-corrected chi connectivity index (χ0v) is 12.3. The highest BCUT2D eigenvalue weighted by Gasteiger charge is 2.12. The summed E-state index contributed by atoms with van der Waals surface area (Å²) in [6.07, 6.45) is 8.21. The van der Waals surface area contributed by atoms with Crippen LogP contribution in [0.15, 0.2) is 42.4 Å². The number of carbonyl (C=O) groups excluding carboxylic acids is 1. The Morgan fingerprint density at radius 1 is 1.38 bits per heavy atom. The van der Waals surface area contributed by atoms with Crippen LogP contribution in [0.1, 0.15) is 16.1 Å². The van der Waals surface area contributed by atoms with Gasteiger partial charge in [-0.3, -0.25) is 9.78 Å². The highest BCUT2D eigenvalue weighted by Crippen LogP contribution is 2.24. The summed E-state index contributed by atoms with van der Waals surface area (Å²) in [6, 6.07) is 3.78. The fourth-order valence-electron chi connectivity index (χ4n) is 2.12. The van der Waals surface area contributed by atoms with Gasteiger partial charge in [0.25, 0.3) is 5.91 Å². The van der Waals surface area contributed by atoms with E-state index in [9.17, 15) is 4.79 Å². The number of hydrogen-bond acceptors (Lipinski definition) is 5. The van der Waals surface area contributed by atoms with Crippen LogP contribution in [0.25, 0.3) is 10.6 Å². The zero-order chi connectivity index (χ0) is 14.5. The van der Waals surface area contributed by atoms with Crippen molar-refractivity contribution < 1.29 is 4.79 Å². The Balaban J connectivity index is 1.63. The predicted octanol–water partition coefficient (Wildman–Crippen LogP) is 1.85.